The Morgan fingerprint density at radius 2 is 1.68 bits per heavy atom. The normalized spacial score (nSPS) is 15.7. The molecule has 0 saturated heterocycles. The van der Waals surface area contributed by atoms with Crippen molar-refractivity contribution in [3.63, 3.8) is 0 Å². The number of allylic oxidation sites excluding steroid dienone is 1. The summed E-state index contributed by atoms with van der Waals surface area (Å²) in [5, 5.41) is 6.31. The molecule has 1 aliphatic rings. The number of sulfonamides is 1. The summed E-state index contributed by atoms with van der Waals surface area (Å²) in [7, 11) is -3.94. The van der Waals surface area contributed by atoms with E-state index in [1.807, 2.05) is 35.1 Å². The van der Waals surface area contributed by atoms with Gasteiger partial charge in [0.2, 0.25) is 11.8 Å². The van der Waals surface area contributed by atoms with E-state index in [4.69, 9.17) is 0 Å². The largest absolute Gasteiger partial charge is 0.338 e. The number of Topliss-reactive ketones (excluding diaryl/α,β-unsaturated/α-hetero) is 1. The van der Waals surface area contributed by atoms with E-state index in [0.717, 1.165) is 12.5 Å². The average Bonchev–Trinajstić information content (AvgIpc) is 2.77. The van der Waals surface area contributed by atoms with Crippen LogP contribution in [0.5, 0.6) is 0 Å². The number of ketones is 1. The monoisotopic (exact) mass is 500 g/mol. The molecule has 34 heavy (non-hydrogen) atoms. The van der Waals surface area contributed by atoms with Gasteiger partial charge in [0.25, 0.3) is 10.0 Å². The fourth-order valence-corrected chi connectivity index (χ4v) is 5.09. The van der Waals surface area contributed by atoms with Crippen LogP contribution in [-0.2, 0) is 24.4 Å². The van der Waals surface area contributed by atoms with Crippen LogP contribution < -0.4 is 15.4 Å². The number of nitrogens with one attached hydrogen (secondary N) is 3. The molecular formula is C23H24N4O5S2. The van der Waals surface area contributed by atoms with Crippen LogP contribution in [0.1, 0.15) is 32.4 Å². The third-order valence-electron chi connectivity index (χ3n) is 4.78. The van der Waals surface area contributed by atoms with Crippen LogP contribution in [0, 0.1) is 0 Å². The molecule has 0 radical (unpaired) electrons. The fourth-order valence-electron chi connectivity index (χ4n) is 3.35. The Balaban J connectivity index is 1.65. The molecule has 2 aromatic carbocycles. The van der Waals surface area contributed by atoms with Crippen molar-refractivity contribution in [2.75, 3.05) is 11.1 Å². The van der Waals surface area contributed by atoms with Gasteiger partial charge in [-0.3, -0.25) is 14.4 Å². The molecule has 11 heteroatoms. The number of amidine groups is 1. The third kappa shape index (κ3) is 6.33. The molecule has 2 amide bonds. The Morgan fingerprint density at radius 3 is 2.26 bits per heavy atom. The van der Waals surface area contributed by atoms with Gasteiger partial charge < -0.3 is 10.6 Å². The van der Waals surface area contributed by atoms with Crippen molar-refractivity contribution in [2.45, 2.75) is 31.7 Å². The smallest absolute Gasteiger partial charge is 0.264 e. The number of aliphatic imine (C=N–C) groups is 1. The highest BCUT2D eigenvalue weighted by atomic mass is 32.2. The molecule has 0 aromatic heterocycles. The van der Waals surface area contributed by atoms with E-state index in [0.29, 0.717) is 22.1 Å². The van der Waals surface area contributed by atoms with E-state index in [1.165, 1.54) is 43.0 Å². The lowest BCUT2D eigenvalue weighted by Crippen LogP contribution is -2.30. The lowest BCUT2D eigenvalue weighted by Gasteiger charge is -2.25. The van der Waals surface area contributed by atoms with Gasteiger partial charge in [-0.2, -0.15) is 0 Å². The lowest BCUT2D eigenvalue weighted by atomic mass is 9.94. The summed E-state index contributed by atoms with van der Waals surface area (Å²) in [5.74, 6) is -1.04. The minimum Gasteiger partial charge on any atom is -0.338 e. The first-order chi connectivity index (χ1) is 16.1. The van der Waals surface area contributed by atoms with Crippen molar-refractivity contribution in [1.29, 1.82) is 0 Å². The number of benzene rings is 2. The number of carbonyl (C=O) groups is 3. The molecule has 0 bridgehead atoms. The number of thioether (sulfide) groups is 1. The SMILES string of the molecule is CC(=O)NS(=O)(=O)c1ccc(NC(=O)CSC2=NC(c3ccccc3)C(C(C)=O)=C(C)N2)cc1. The van der Waals surface area contributed by atoms with Crippen molar-refractivity contribution >= 4 is 50.2 Å². The number of nitrogens with zero attached hydrogens (tertiary/aromatic N) is 1. The van der Waals surface area contributed by atoms with E-state index in [2.05, 4.69) is 15.6 Å². The number of hydrogen-bond acceptors (Lipinski definition) is 8. The Morgan fingerprint density at radius 1 is 1.03 bits per heavy atom. The highest BCUT2D eigenvalue weighted by Gasteiger charge is 2.27. The first kappa shape index (κ1) is 25.2. The van der Waals surface area contributed by atoms with Gasteiger partial charge in [0.15, 0.2) is 11.0 Å². The molecule has 1 unspecified atom stereocenters. The van der Waals surface area contributed by atoms with Gasteiger partial charge in [0.05, 0.1) is 10.6 Å². The van der Waals surface area contributed by atoms with Gasteiger partial charge in [-0.25, -0.2) is 18.1 Å². The topological polar surface area (TPSA) is 134 Å². The van der Waals surface area contributed by atoms with Crippen LogP contribution in [-0.4, -0.2) is 36.9 Å². The number of hydrogen-bond donors (Lipinski definition) is 3. The molecule has 0 aliphatic carbocycles. The highest BCUT2D eigenvalue weighted by Crippen LogP contribution is 2.32. The van der Waals surface area contributed by atoms with E-state index in [1.54, 1.807) is 6.92 Å². The maximum atomic E-state index is 12.4. The second-order valence-electron chi connectivity index (χ2n) is 7.49. The van der Waals surface area contributed by atoms with Gasteiger partial charge in [0, 0.05) is 23.9 Å². The summed E-state index contributed by atoms with van der Waals surface area (Å²) in [6, 6.07) is 14.5. The van der Waals surface area contributed by atoms with Crippen molar-refractivity contribution in [2.24, 2.45) is 4.99 Å². The maximum Gasteiger partial charge on any atom is 0.264 e. The third-order valence-corrected chi connectivity index (χ3v) is 7.12. The van der Waals surface area contributed by atoms with Crippen molar-refractivity contribution < 1.29 is 22.8 Å². The molecule has 1 aliphatic heterocycles. The Hall–Kier alpha value is -3.44. The minimum absolute atomic E-state index is 0.0436. The van der Waals surface area contributed by atoms with E-state index >= 15 is 0 Å². The molecule has 3 N–H and O–H groups in total. The molecule has 2 aromatic rings. The number of anilines is 1. The Bertz CT molecular complexity index is 1270. The van der Waals surface area contributed by atoms with Crippen LogP contribution in [0.3, 0.4) is 0 Å². The molecular weight excluding hydrogens is 476 g/mol. The number of amides is 2. The highest BCUT2D eigenvalue weighted by molar-refractivity contribution is 8.14. The summed E-state index contributed by atoms with van der Waals surface area (Å²) in [4.78, 5) is 40.2. The fraction of sp³-hybridized carbons (Fsp3) is 0.217. The molecule has 9 nitrogen and oxygen atoms in total. The zero-order valence-corrected chi connectivity index (χ0v) is 20.4. The van der Waals surface area contributed by atoms with Crippen LogP contribution in [0.2, 0.25) is 0 Å². The van der Waals surface area contributed by atoms with Gasteiger partial charge in [-0.1, -0.05) is 42.1 Å². The van der Waals surface area contributed by atoms with Crippen molar-refractivity contribution in [3.8, 4) is 0 Å². The summed E-state index contributed by atoms with van der Waals surface area (Å²) < 4.78 is 25.9. The van der Waals surface area contributed by atoms with Crippen LogP contribution in [0.4, 0.5) is 5.69 Å². The second-order valence-corrected chi connectivity index (χ2v) is 10.1. The lowest BCUT2D eigenvalue weighted by molar-refractivity contribution is -0.117. The molecule has 3 rings (SSSR count). The molecule has 0 spiro atoms. The standard InChI is InChI=1S/C23H24N4O5S2/c1-14-21(15(2)28)22(17-7-5-4-6-8-17)26-23(24-14)33-13-20(30)25-18-9-11-19(12-10-18)34(31,32)27-16(3)29/h4-12,22H,13H2,1-3H3,(H,24,26)(H,25,30)(H,27,29). The van der Waals surface area contributed by atoms with E-state index < -0.39 is 22.0 Å². The molecule has 178 valence electrons. The van der Waals surface area contributed by atoms with Crippen molar-refractivity contribution in [1.82, 2.24) is 10.0 Å². The van der Waals surface area contributed by atoms with Gasteiger partial charge >= 0.3 is 0 Å². The first-order valence-corrected chi connectivity index (χ1v) is 12.7. The molecule has 1 heterocycles. The average molecular weight is 501 g/mol. The summed E-state index contributed by atoms with van der Waals surface area (Å²) in [6.07, 6.45) is 0. The molecule has 1 atom stereocenters. The summed E-state index contributed by atoms with van der Waals surface area (Å²) >= 11 is 1.19. The molecule has 0 saturated carbocycles. The van der Waals surface area contributed by atoms with E-state index in [9.17, 15) is 22.8 Å². The Labute approximate surface area is 202 Å². The second kappa shape index (κ2) is 10.7. The quantitative estimate of drug-likeness (QED) is 0.532. The van der Waals surface area contributed by atoms with Crippen LogP contribution in [0.25, 0.3) is 0 Å². The minimum atomic E-state index is -3.94. The molecule has 0 fully saturated rings. The summed E-state index contributed by atoms with van der Waals surface area (Å²) in [6.45, 7) is 4.42. The van der Waals surface area contributed by atoms with Gasteiger partial charge in [-0.05, 0) is 43.7 Å². The predicted octanol–water partition coefficient (Wildman–Crippen LogP) is 2.75. The zero-order chi connectivity index (χ0) is 24.9. The van der Waals surface area contributed by atoms with Crippen LogP contribution in [0.15, 0.2) is 75.8 Å². The van der Waals surface area contributed by atoms with Gasteiger partial charge in [0.1, 0.15) is 6.04 Å². The zero-order valence-electron chi connectivity index (χ0n) is 18.8. The Kier molecular flexibility index (Phi) is 7.90. The first-order valence-electron chi connectivity index (χ1n) is 10.2. The number of carbonyl (C=O) groups excluding carboxylic acids is 3. The van der Waals surface area contributed by atoms with Crippen molar-refractivity contribution in [3.05, 3.63) is 71.4 Å². The predicted molar refractivity (Wildman–Crippen MR) is 132 cm³/mol. The van der Waals surface area contributed by atoms with Gasteiger partial charge in [-0.15, -0.1) is 0 Å². The van der Waals surface area contributed by atoms with E-state index in [-0.39, 0.29) is 22.3 Å². The van der Waals surface area contributed by atoms with Crippen LogP contribution >= 0.6 is 11.8 Å². The maximum absolute atomic E-state index is 12.4. The summed E-state index contributed by atoms with van der Waals surface area (Å²) in [5.41, 5.74) is 2.55. The number of rotatable bonds is 7.